The van der Waals surface area contributed by atoms with Crippen molar-refractivity contribution in [2.45, 2.75) is 18.7 Å². The molecule has 0 saturated heterocycles. The Morgan fingerprint density at radius 1 is 1.42 bits per heavy atom. The van der Waals surface area contributed by atoms with Crippen LogP contribution in [0.1, 0.15) is 34.0 Å². The first-order valence-corrected chi connectivity index (χ1v) is 8.28. The third-order valence-electron chi connectivity index (χ3n) is 2.48. The molecular formula is C12H13BrN2O2S2. The molecule has 0 saturated carbocycles. The Morgan fingerprint density at radius 3 is 2.68 bits per heavy atom. The molecule has 0 radical (unpaired) electrons. The number of esters is 1. The first-order valence-electron chi connectivity index (χ1n) is 5.67. The van der Waals surface area contributed by atoms with Gasteiger partial charge < -0.3 is 4.74 Å². The van der Waals surface area contributed by atoms with Gasteiger partial charge in [0.15, 0.2) is 15.7 Å². The largest absolute Gasteiger partial charge is 0.464 e. The number of rotatable bonds is 4. The maximum atomic E-state index is 11.8. The molecule has 2 heterocycles. The van der Waals surface area contributed by atoms with E-state index in [1.54, 1.807) is 6.20 Å². The molecule has 0 aliphatic heterocycles. The summed E-state index contributed by atoms with van der Waals surface area (Å²) in [7, 11) is 1.37. The summed E-state index contributed by atoms with van der Waals surface area (Å²) in [5.41, 5.74) is 0.383. The molecule has 2 aromatic rings. The fraction of sp³-hybridized carbons (Fsp3) is 0.417. The number of carbonyl (C=O) groups excluding carboxylic acids is 1. The fourth-order valence-electron chi connectivity index (χ4n) is 1.49. The molecule has 0 bridgehead atoms. The molecule has 7 heteroatoms. The highest BCUT2D eigenvalue weighted by molar-refractivity contribution is 9.09. The van der Waals surface area contributed by atoms with E-state index < -0.39 is 5.97 Å². The minimum absolute atomic E-state index is 0.0767. The van der Waals surface area contributed by atoms with Crippen molar-refractivity contribution in [1.29, 1.82) is 0 Å². The third kappa shape index (κ3) is 3.04. The van der Waals surface area contributed by atoms with Gasteiger partial charge in [-0.3, -0.25) is 0 Å². The Kier molecular flexibility index (Phi) is 4.70. The molecule has 4 nitrogen and oxygen atoms in total. The van der Waals surface area contributed by atoms with Crippen LogP contribution in [0.4, 0.5) is 0 Å². The predicted molar refractivity (Wildman–Crippen MR) is 81.1 cm³/mol. The van der Waals surface area contributed by atoms with E-state index in [1.165, 1.54) is 29.8 Å². The van der Waals surface area contributed by atoms with Gasteiger partial charge in [-0.2, -0.15) is 0 Å². The van der Waals surface area contributed by atoms with Gasteiger partial charge in [0.25, 0.3) is 0 Å². The van der Waals surface area contributed by atoms with Gasteiger partial charge in [0.05, 0.1) is 16.8 Å². The first kappa shape index (κ1) is 14.6. The molecule has 1 atom stereocenters. The van der Waals surface area contributed by atoms with Crippen molar-refractivity contribution in [3.63, 3.8) is 0 Å². The van der Waals surface area contributed by atoms with Crippen molar-refractivity contribution < 1.29 is 9.53 Å². The van der Waals surface area contributed by atoms with Crippen LogP contribution in [0.2, 0.25) is 0 Å². The van der Waals surface area contributed by atoms with E-state index in [-0.39, 0.29) is 4.83 Å². The van der Waals surface area contributed by atoms with Crippen molar-refractivity contribution in [1.82, 2.24) is 9.97 Å². The maximum absolute atomic E-state index is 11.8. The minimum atomic E-state index is -0.404. The van der Waals surface area contributed by atoms with Gasteiger partial charge in [0, 0.05) is 11.6 Å². The van der Waals surface area contributed by atoms with E-state index in [9.17, 15) is 4.79 Å². The number of carbonyl (C=O) groups is 1. The summed E-state index contributed by atoms with van der Waals surface area (Å²) in [6, 6.07) is 0. The second-order valence-electron chi connectivity index (χ2n) is 4.21. The third-order valence-corrected chi connectivity index (χ3v) is 6.36. The van der Waals surface area contributed by atoms with Crippen LogP contribution >= 0.6 is 38.6 Å². The second-order valence-corrected chi connectivity index (χ2v) is 7.12. The van der Waals surface area contributed by atoms with Gasteiger partial charge in [-0.25, -0.2) is 14.8 Å². The molecule has 2 aromatic heterocycles. The van der Waals surface area contributed by atoms with Crippen molar-refractivity contribution in [3.8, 4) is 10.0 Å². The van der Waals surface area contributed by atoms with Crippen LogP contribution in [-0.2, 0) is 4.74 Å². The van der Waals surface area contributed by atoms with E-state index in [0.717, 1.165) is 14.9 Å². The van der Waals surface area contributed by atoms with E-state index in [0.29, 0.717) is 11.6 Å². The number of aromatic nitrogens is 2. The minimum Gasteiger partial charge on any atom is -0.464 e. The molecule has 0 spiro atoms. The lowest BCUT2D eigenvalue weighted by molar-refractivity contribution is 0.0593. The highest BCUT2D eigenvalue weighted by Gasteiger charge is 2.26. The summed E-state index contributed by atoms with van der Waals surface area (Å²) < 4.78 is 4.80. The number of hydrogen-bond acceptors (Lipinski definition) is 6. The Balaban J connectivity index is 2.48. The van der Waals surface area contributed by atoms with Crippen LogP contribution in [0.5, 0.6) is 0 Å². The standard InChI is InChI=1S/C12H13BrN2O2S2/c1-6(2)7(13)9-8(12(16)17-3)15-11(19-9)10-14-4-5-18-10/h4-7H,1-3H3. The van der Waals surface area contributed by atoms with Crippen LogP contribution in [0.15, 0.2) is 11.6 Å². The fourth-order valence-corrected chi connectivity index (χ4v) is 3.87. The van der Waals surface area contributed by atoms with E-state index in [4.69, 9.17) is 4.74 Å². The monoisotopic (exact) mass is 360 g/mol. The lowest BCUT2D eigenvalue weighted by atomic mass is 10.1. The van der Waals surface area contributed by atoms with E-state index in [2.05, 4.69) is 39.7 Å². The average molecular weight is 361 g/mol. The zero-order valence-electron chi connectivity index (χ0n) is 10.7. The number of alkyl halides is 1. The lowest BCUT2D eigenvalue weighted by Crippen LogP contribution is -2.08. The first-order chi connectivity index (χ1) is 9.04. The van der Waals surface area contributed by atoms with Crippen molar-refractivity contribution in [3.05, 3.63) is 22.1 Å². The van der Waals surface area contributed by atoms with E-state index in [1.807, 2.05) is 5.38 Å². The number of halogens is 1. The van der Waals surface area contributed by atoms with Crippen molar-refractivity contribution in [2.75, 3.05) is 7.11 Å². The zero-order chi connectivity index (χ0) is 14.0. The van der Waals surface area contributed by atoms with Crippen LogP contribution in [0.3, 0.4) is 0 Å². The Morgan fingerprint density at radius 2 is 2.16 bits per heavy atom. The molecule has 2 rings (SSSR count). The second kappa shape index (κ2) is 6.11. The highest BCUT2D eigenvalue weighted by Crippen LogP contribution is 2.40. The van der Waals surface area contributed by atoms with Gasteiger partial charge in [-0.15, -0.1) is 22.7 Å². The van der Waals surface area contributed by atoms with Gasteiger partial charge >= 0.3 is 5.97 Å². The van der Waals surface area contributed by atoms with Gasteiger partial charge in [-0.05, 0) is 5.92 Å². The molecule has 19 heavy (non-hydrogen) atoms. The number of ether oxygens (including phenoxy) is 1. The average Bonchev–Trinajstić information content (AvgIpc) is 3.04. The Labute approximate surface area is 128 Å². The molecule has 102 valence electrons. The van der Waals surface area contributed by atoms with Gasteiger partial charge in [0.2, 0.25) is 0 Å². The van der Waals surface area contributed by atoms with E-state index >= 15 is 0 Å². The SMILES string of the molecule is COC(=O)c1nc(-c2nccs2)sc1C(Br)C(C)C. The summed E-state index contributed by atoms with van der Waals surface area (Å²) in [5.74, 6) is -0.0489. The predicted octanol–water partition coefficient (Wildman–Crippen LogP) is 4.15. The molecule has 0 N–H and O–H groups in total. The molecule has 0 fully saturated rings. The number of nitrogens with zero attached hydrogens (tertiary/aromatic N) is 2. The lowest BCUT2D eigenvalue weighted by Gasteiger charge is -2.12. The summed E-state index contributed by atoms with van der Waals surface area (Å²) in [6.45, 7) is 4.17. The molecular weight excluding hydrogens is 348 g/mol. The Hall–Kier alpha value is -0.790. The molecule has 0 aromatic carbocycles. The van der Waals surface area contributed by atoms with Crippen LogP contribution in [0, 0.1) is 5.92 Å². The normalized spacial score (nSPS) is 12.7. The molecule has 0 amide bonds. The topological polar surface area (TPSA) is 52.1 Å². The summed E-state index contributed by atoms with van der Waals surface area (Å²) in [6.07, 6.45) is 1.73. The molecule has 0 aliphatic rings. The van der Waals surface area contributed by atoms with Crippen LogP contribution in [0.25, 0.3) is 10.0 Å². The van der Waals surface area contributed by atoms with Crippen molar-refractivity contribution in [2.24, 2.45) is 5.92 Å². The molecule has 0 aliphatic carbocycles. The van der Waals surface area contributed by atoms with Gasteiger partial charge in [0.1, 0.15) is 0 Å². The summed E-state index contributed by atoms with van der Waals surface area (Å²) >= 11 is 6.61. The quantitative estimate of drug-likeness (QED) is 0.607. The number of methoxy groups -OCH3 is 1. The van der Waals surface area contributed by atoms with Crippen LogP contribution < -0.4 is 0 Å². The van der Waals surface area contributed by atoms with Crippen LogP contribution in [-0.4, -0.2) is 23.0 Å². The van der Waals surface area contributed by atoms with Crippen molar-refractivity contribution >= 4 is 44.6 Å². The summed E-state index contributed by atoms with van der Waals surface area (Å²) in [4.78, 5) is 21.4. The zero-order valence-corrected chi connectivity index (χ0v) is 13.9. The number of hydrogen-bond donors (Lipinski definition) is 0. The Bertz CT molecular complexity index is 566. The number of thiazole rings is 2. The smallest absolute Gasteiger partial charge is 0.357 e. The summed E-state index contributed by atoms with van der Waals surface area (Å²) in [5, 5.41) is 3.47. The highest BCUT2D eigenvalue weighted by atomic mass is 79.9. The maximum Gasteiger partial charge on any atom is 0.357 e. The molecule has 1 unspecified atom stereocenters. The van der Waals surface area contributed by atoms with Gasteiger partial charge in [-0.1, -0.05) is 29.8 Å².